The molecule has 0 spiro atoms. The van der Waals surface area contributed by atoms with Gasteiger partial charge in [0.25, 0.3) is 0 Å². The maximum absolute atomic E-state index is 13.7. The molecule has 0 amide bonds. The summed E-state index contributed by atoms with van der Waals surface area (Å²) in [6, 6.07) is 7.30. The van der Waals surface area contributed by atoms with Crippen LogP contribution in [0.15, 0.2) is 24.3 Å². The number of hydrogen-bond acceptors (Lipinski definition) is 1. The van der Waals surface area contributed by atoms with Crippen molar-refractivity contribution in [3.05, 3.63) is 35.8 Å². The van der Waals surface area contributed by atoms with Crippen molar-refractivity contribution in [3.8, 4) is 0 Å². The van der Waals surface area contributed by atoms with Crippen LogP contribution in [0.5, 0.6) is 0 Å². The van der Waals surface area contributed by atoms with Crippen LogP contribution in [0.3, 0.4) is 0 Å². The molecule has 0 saturated heterocycles. The molecule has 0 aliphatic rings. The lowest BCUT2D eigenvalue weighted by atomic mass is 10.2. The predicted octanol–water partition coefficient (Wildman–Crippen LogP) is 2.91. The van der Waals surface area contributed by atoms with Gasteiger partial charge >= 0.3 is 0 Å². The van der Waals surface area contributed by atoms with Crippen LogP contribution >= 0.6 is 0 Å². The number of para-hydroxylation sites is 1. The number of aromatic nitrogens is 1. The molecule has 2 rings (SSSR count). The van der Waals surface area contributed by atoms with Crippen molar-refractivity contribution in [3.63, 3.8) is 0 Å². The molecule has 1 aromatic heterocycles. The van der Waals surface area contributed by atoms with E-state index in [-0.39, 0.29) is 5.82 Å². The van der Waals surface area contributed by atoms with Crippen LogP contribution in [0.2, 0.25) is 0 Å². The van der Waals surface area contributed by atoms with Crippen molar-refractivity contribution in [2.24, 2.45) is 0 Å². The molecule has 3 heteroatoms. The second kappa shape index (κ2) is 4.66. The summed E-state index contributed by atoms with van der Waals surface area (Å²) in [7, 11) is 0. The minimum Gasteiger partial charge on any atom is -0.341 e. The van der Waals surface area contributed by atoms with Gasteiger partial charge in [-0.15, -0.1) is 0 Å². The number of nitrogens with one attached hydrogen (secondary N) is 1. The van der Waals surface area contributed by atoms with Gasteiger partial charge in [0, 0.05) is 24.2 Å². The van der Waals surface area contributed by atoms with Crippen LogP contribution in [0.4, 0.5) is 4.39 Å². The SMILES string of the molecule is CCNCc1cc2cccc(F)c2n1CC. The number of rotatable bonds is 4. The van der Waals surface area contributed by atoms with E-state index >= 15 is 0 Å². The topological polar surface area (TPSA) is 17.0 Å². The van der Waals surface area contributed by atoms with E-state index in [2.05, 4.69) is 18.3 Å². The number of halogens is 1. The van der Waals surface area contributed by atoms with Crippen LogP contribution in [0.1, 0.15) is 19.5 Å². The third-order valence-corrected chi connectivity index (χ3v) is 2.83. The van der Waals surface area contributed by atoms with E-state index < -0.39 is 0 Å². The summed E-state index contributed by atoms with van der Waals surface area (Å²) in [6.45, 7) is 6.62. The number of hydrogen-bond donors (Lipinski definition) is 1. The van der Waals surface area contributed by atoms with E-state index in [0.717, 1.165) is 36.2 Å². The average molecular weight is 220 g/mol. The van der Waals surface area contributed by atoms with E-state index in [0.29, 0.717) is 0 Å². The molecular formula is C13H17FN2. The maximum Gasteiger partial charge on any atom is 0.147 e. The summed E-state index contributed by atoms with van der Waals surface area (Å²) >= 11 is 0. The Kier molecular flexibility index (Phi) is 3.25. The van der Waals surface area contributed by atoms with Gasteiger partial charge in [-0.25, -0.2) is 4.39 Å². The standard InChI is InChI=1S/C13H17FN2/c1-3-15-9-11-8-10-6-5-7-12(14)13(10)16(11)4-2/h5-8,15H,3-4,9H2,1-2H3. The summed E-state index contributed by atoms with van der Waals surface area (Å²) in [5.41, 5.74) is 1.86. The van der Waals surface area contributed by atoms with Crippen molar-refractivity contribution in [1.82, 2.24) is 9.88 Å². The van der Waals surface area contributed by atoms with Crippen molar-refractivity contribution in [2.75, 3.05) is 6.54 Å². The van der Waals surface area contributed by atoms with Crippen LogP contribution < -0.4 is 5.32 Å². The lowest BCUT2D eigenvalue weighted by Gasteiger charge is -2.08. The highest BCUT2D eigenvalue weighted by Gasteiger charge is 2.10. The van der Waals surface area contributed by atoms with Crippen molar-refractivity contribution in [1.29, 1.82) is 0 Å². The molecular weight excluding hydrogens is 203 g/mol. The first-order valence-corrected chi connectivity index (χ1v) is 5.75. The van der Waals surface area contributed by atoms with Gasteiger partial charge in [0.05, 0.1) is 5.52 Å². The molecule has 2 aromatic rings. The first-order valence-electron chi connectivity index (χ1n) is 5.75. The highest BCUT2D eigenvalue weighted by molar-refractivity contribution is 5.81. The summed E-state index contributed by atoms with van der Waals surface area (Å²) < 4.78 is 15.8. The summed E-state index contributed by atoms with van der Waals surface area (Å²) in [5.74, 6) is -0.137. The number of benzene rings is 1. The Balaban J connectivity index is 2.53. The summed E-state index contributed by atoms with van der Waals surface area (Å²) in [5, 5.41) is 4.26. The van der Waals surface area contributed by atoms with E-state index in [4.69, 9.17) is 0 Å². The second-order valence-electron chi connectivity index (χ2n) is 3.84. The minimum absolute atomic E-state index is 0.137. The molecule has 0 unspecified atom stereocenters. The third kappa shape index (κ3) is 1.83. The highest BCUT2D eigenvalue weighted by Crippen LogP contribution is 2.22. The Labute approximate surface area is 95.1 Å². The first kappa shape index (κ1) is 11.1. The maximum atomic E-state index is 13.7. The molecule has 0 aliphatic carbocycles. The molecule has 1 heterocycles. The monoisotopic (exact) mass is 220 g/mol. The van der Waals surface area contributed by atoms with Gasteiger partial charge in [-0.3, -0.25) is 0 Å². The number of nitrogens with zero attached hydrogens (tertiary/aromatic N) is 1. The van der Waals surface area contributed by atoms with Gasteiger partial charge in [0.15, 0.2) is 0 Å². The molecule has 86 valence electrons. The largest absolute Gasteiger partial charge is 0.341 e. The molecule has 0 radical (unpaired) electrons. The van der Waals surface area contributed by atoms with Gasteiger partial charge in [-0.05, 0) is 25.6 Å². The van der Waals surface area contributed by atoms with E-state index in [1.165, 1.54) is 6.07 Å². The summed E-state index contributed by atoms with van der Waals surface area (Å²) in [4.78, 5) is 0. The zero-order chi connectivity index (χ0) is 11.5. The fraction of sp³-hybridized carbons (Fsp3) is 0.385. The van der Waals surface area contributed by atoms with Gasteiger partial charge in [-0.1, -0.05) is 19.1 Å². The lowest BCUT2D eigenvalue weighted by Crippen LogP contribution is -2.15. The van der Waals surface area contributed by atoms with Crippen LogP contribution in [0, 0.1) is 5.82 Å². The highest BCUT2D eigenvalue weighted by atomic mass is 19.1. The molecule has 1 N–H and O–H groups in total. The van der Waals surface area contributed by atoms with Crippen molar-refractivity contribution in [2.45, 2.75) is 26.9 Å². The van der Waals surface area contributed by atoms with Crippen molar-refractivity contribution < 1.29 is 4.39 Å². The third-order valence-electron chi connectivity index (χ3n) is 2.83. The van der Waals surface area contributed by atoms with Gasteiger partial charge in [0.1, 0.15) is 5.82 Å². The minimum atomic E-state index is -0.137. The summed E-state index contributed by atoms with van der Waals surface area (Å²) in [6.07, 6.45) is 0. The van der Waals surface area contributed by atoms with E-state index in [9.17, 15) is 4.39 Å². The zero-order valence-electron chi connectivity index (χ0n) is 9.76. The Morgan fingerprint density at radius 1 is 1.31 bits per heavy atom. The van der Waals surface area contributed by atoms with Gasteiger partial charge in [0.2, 0.25) is 0 Å². The Morgan fingerprint density at radius 3 is 2.81 bits per heavy atom. The molecule has 16 heavy (non-hydrogen) atoms. The fourth-order valence-corrected chi connectivity index (χ4v) is 2.10. The molecule has 0 bridgehead atoms. The second-order valence-corrected chi connectivity index (χ2v) is 3.84. The van der Waals surface area contributed by atoms with Crippen LogP contribution in [-0.4, -0.2) is 11.1 Å². The molecule has 0 aliphatic heterocycles. The van der Waals surface area contributed by atoms with Crippen LogP contribution in [-0.2, 0) is 13.1 Å². The average Bonchev–Trinajstić information content (AvgIpc) is 2.65. The molecule has 0 saturated carbocycles. The normalized spacial score (nSPS) is 11.2. The predicted molar refractivity (Wildman–Crippen MR) is 65.0 cm³/mol. The van der Waals surface area contributed by atoms with Crippen LogP contribution in [0.25, 0.3) is 10.9 Å². The quantitative estimate of drug-likeness (QED) is 0.838. The molecule has 2 nitrogen and oxygen atoms in total. The molecule has 1 aromatic carbocycles. The van der Waals surface area contributed by atoms with E-state index in [1.807, 2.05) is 17.6 Å². The number of aryl methyl sites for hydroxylation is 1. The van der Waals surface area contributed by atoms with Gasteiger partial charge in [-0.2, -0.15) is 0 Å². The van der Waals surface area contributed by atoms with Crippen molar-refractivity contribution >= 4 is 10.9 Å². The fourth-order valence-electron chi connectivity index (χ4n) is 2.10. The van der Waals surface area contributed by atoms with Gasteiger partial charge < -0.3 is 9.88 Å². The van der Waals surface area contributed by atoms with E-state index in [1.54, 1.807) is 6.07 Å². The smallest absolute Gasteiger partial charge is 0.147 e. The Bertz CT molecular complexity index is 488. The number of fused-ring (bicyclic) bond motifs is 1. The lowest BCUT2D eigenvalue weighted by molar-refractivity contribution is 0.613. The first-order chi connectivity index (χ1) is 7.77. The molecule has 0 fully saturated rings. The zero-order valence-corrected chi connectivity index (χ0v) is 9.76. The Morgan fingerprint density at radius 2 is 2.12 bits per heavy atom. The molecule has 0 atom stereocenters. The Hall–Kier alpha value is -1.35.